The van der Waals surface area contributed by atoms with Crippen LogP contribution in [0.25, 0.3) is 11.3 Å². The van der Waals surface area contributed by atoms with Crippen molar-refractivity contribution in [3.05, 3.63) is 35.0 Å². The molecule has 0 radical (unpaired) electrons. The van der Waals surface area contributed by atoms with Gasteiger partial charge in [0, 0.05) is 11.1 Å². The zero-order chi connectivity index (χ0) is 20.6. The highest BCUT2D eigenvalue weighted by Crippen LogP contribution is 2.49. The molecule has 0 aliphatic carbocycles. The molecule has 2 aromatic rings. The molecule has 5 nitrogen and oxygen atoms in total. The quantitative estimate of drug-likeness (QED) is 0.610. The van der Waals surface area contributed by atoms with Crippen molar-refractivity contribution < 1.29 is 44.7 Å². The van der Waals surface area contributed by atoms with Crippen LogP contribution in [0.5, 0.6) is 0 Å². The van der Waals surface area contributed by atoms with Crippen molar-refractivity contribution in [2.24, 2.45) is 0 Å². The van der Waals surface area contributed by atoms with E-state index in [1.54, 1.807) is 0 Å². The van der Waals surface area contributed by atoms with Gasteiger partial charge in [0.2, 0.25) is 0 Å². The zero-order valence-electron chi connectivity index (χ0n) is 13.2. The molecule has 2 rings (SSSR count). The van der Waals surface area contributed by atoms with Gasteiger partial charge in [0.15, 0.2) is 5.69 Å². The molecule has 1 aromatic carbocycles. The van der Waals surface area contributed by atoms with Gasteiger partial charge < -0.3 is 4.74 Å². The molecule has 0 bridgehead atoms. The minimum absolute atomic E-state index is 0.0309. The van der Waals surface area contributed by atoms with Gasteiger partial charge in [-0.05, 0) is 19.1 Å². The lowest BCUT2D eigenvalue weighted by molar-refractivity contribution is -0.291. The van der Waals surface area contributed by atoms with Crippen molar-refractivity contribution in [2.75, 3.05) is 6.61 Å². The molecule has 0 aliphatic rings. The first-order valence-corrected chi connectivity index (χ1v) is 7.05. The Morgan fingerprint density at radius 1 is 1.04 bits per heavy atom. The monoisotopic (exact) mass is 403 g/mol. The third kappa shape index (κ3) is 3.85. The number of alkyl halides is 8. The lowest BCUT2D eigenvalue weighted by Crippen LogP contribution is -2.35. The minimum atomic E-state index is -6.28. The Morgan fingerprint density at radius 2 is 1.67 bits per heavy atom. The average molecular weight is 403 g/mol. The predicted octanol–water partition coefficient (Wildman–Crippen LogP) is 4.32. The number of hydrogen-bond acceptors (Lipinski definition) is 4. The maximum Gasteiger partial charge on any atom is 0.458 e. The number of nitrogens with zero attached hydrogens (tertiary/aromatic N) is 2. The molecule has 0 aliphatic heterocycles. The van der Waals surface area contributed by atoms with E-state index in [0.29, 0.717) is 6.07 Å². The predicted molar refractivity (Wildman–Crippen MR) is 72.7 cm³/mol. The fourth-order valence-corrected chi connectivity index (χ4v) is 2.13. The van der Waals surface area contributed by atoms with Crippen molar-refractivity contribution >= 4 is 5.97 Å². The molecule has 13 heteroatoms. The number of halogens is 8. The van der Waals surface area contributed by atoms with E-state index in [1.165, 1.54) is 6.92 Å². The summed E-state index contributed by atoms with van der Waals surface area (Å²) < 4.78 is 109. The summed E-state index contributed by atoms with van der Waals surface area (Å²) in [4.78, 5) is 11.7. The SMILES string of the molecule is CCOC(=O)c1n[nH]nc1-c1ccc(C(F)(F)F)c(C(F)(F)C(F)(F)F)c1. The van der Waals surface area contributed by atoms with Crippen molar-refractivity contribution in [1.29, 1.82) is 0 Å². The number of aromatic amines is 1. The van der Waals surface area contributed by atoms with Crippen LogP contribution in [0.4, 0.5) is 35.1 Å². The number of carbonyl (C=O) groups excluding carboxylic acids is 1. The zero-order valence-corrected chi connectivity index (χ0v) is 13.2. The Hall–Kier alpha value is -2.73. The fourth-order valence-electron chi connectivity index (χ4n) is 2.13. The molecule has 0 fully saturated rings. The molecular weight excluding hydrogens is 394 g/mol. The summed E-state index contributed by atoms with van der Waals surface area (Å²) in [6.07, 6.45) is -11.8. The number of hydrogen-bond donors (Lipinski definition) is 1. The van der Waals surface area contributed by atoms with Crippen LogP contribution < -0.4 is 0 Å². The molecule has 0 spiro atoms. The lowest BCUT2D eigenvalue weighted by Gasteiger charge is -2.24. The van der Waals surface area contributed by atoms with E-state index in [0.717, 1.165) is 0 Å². The molecule has 0 amide bonds. The third-order valence-corrected chi connectivity index (χ3v) is 3.31. The van der Waals surface area contributed by atoms with Crippen LogP contribution in [-0.2, 0) is 16.8 Å². The molecule has 1 heterocycles. The number of H-pyrrole nitrogens is 1. The highest BCUT2D eigenvalue weighted by Gasteiger charge is 2.61. The number of benzene rings is 1. The van der Waals surface area contributed by atoms with Crippen LogP contribution in [0.3, 0.4) is 0 Å². The van der Waals surface area contributed by atoms with Crippen LogP contribution in [0.2, 0.25) is 0 Å². The number of carbonyl (C=O) groups is 1. The van der Waals surface area contributed by atoms with E-state index in [-0.39, 0.29) is 18.7 Å². The van der Waals surface area contributed by atoms with Gasteiger partial charge in [0.25, 0.3) is 0 Å². The van der Waals surface area contributed by atoms with E-state index < -0.39 is 52.3 Å². The summed E-state index contributed by atoms with van der Waals surface area (Å²) in [7, 11) is 0. The van der Waals surface area contributed by atoms with Gasteiger partial charge in [0.05, 0.1) is 12.2 Å². The molecule has 1 N–H and O–H groups in total. The van der Waals surface area contributed by atoms with E-state index in [2.05, 4.69) is 14.9 Å². The molecule has 0 unspecified atom stereocenters. The summed E-state index contributed by atoms with van der Waals surface area (Å²) in [5, 5.41) is 8.74. The summed E-state index contributed by atoms with van der Waals surface area (Å²) in [5.74, 6) is -6.90. The van der Waals surface area contributed by atoms with Crippen molar-refractivity contribution in [1.82, 2.24) is 15.4 Å². The van der Waals surface area contributed by atoms with Gasteiger partial charge in [-0.2, -0.15) is 45.4 Å². The topological polar surface area (TPSA) is 67.9 Å². The van der Waals surface area contributed by atoms with Crippen LogP contribution in [0, 0.1) is 0 Å². The first-order valence-electron chi connectivity index (χ1n) is 7.05. The second-order valence-corrected chi connectivity index (χ2v) is 5.07. The Kier molecular flexibility index (Phi) is 5.16. The second kappa shape index (κ2) is 6.78. The molecule has 0 saturated carbocycles. The minimum Gasteiger partial charge on any atom is -0.461 e. The smallest absolute Gasteiger partial charge is 0.458 e. The number of aromatic nitrogens is 3. The van der Waals surface area contributed by atoms with Crippen molar-refractivity contribution in [3.8, 4) is 11.3 Å². The second-order valence-electron chi connectivity index (χ2n) is 5.07. The van der Waals surface area contributed by atoms with Gasteiger partial charge in [-0.25, -0.2) is 4.79 Å². The number of esters is 1. The molecule has 148 valence electrons. The Morgan fingerprint density at radius 3 is 2.19 bits per heavy atom. The third-order valence-electron chi connectivity index (χ3n) is 3.31. The van der Waals surface area contributed by atoms with Crippen molar-refractivity contribution in [2.45, 2.75) is 25.2 Å². The summed E-state index contributed by atoms with van der Waals surface area (Å²) in [6, 6.07) is 0.615. The summed E-state index contributed by atoms with van der Waals surface area (Å²) in [5.41, 5.74) is -6.23. The maximum absolute atomic E-state index is 13.7. The Bertz CT molecular complexity index is 842. The summed E-state index contributed by atoms with van der Waals surface area (Å²) >= 11 is 0. The summed E-state index contributed by atoms with van der Waals surface area (Å²) in [6.45, 7) is 1.31. The van der Waals surface area contributed by atoms with E-state index in [1.807, 2.05) is 5.21 Å². The normalized spacial score (nSPS) is 12.9. The van der Waals surface area contributed by atoms with Crippen LogP contribution in [-0.4, -0.2) is 34.2 Å². The van der Waals surface area contributed by atoms with Gasteiger partial charge in [-0.1, -0.05) is 6.07 Å². The molecule has 27 heavy (non-hydrogen) atoms. The molecular formula is C14H9F8N3O2. The standard InChI is InChI=1S/C14H9F8N3O2/c1-2-27-11(26)10-9(23-25-24-10)6-3-4-7(13(17,18)19)8(5-6)12(15,16)14(20,21)22/h3-5H,2H2,1H3,(H,23,24,25). The Labute approximate surface area is 145 Å². The molecule has 1 aromatic heterocycles. The van der Waals surface area contributed by atoms with E-state index in [9.17, 15) is 39.9 Å². The van der Waals surface area contributed by atoms with Crippen LogP contribution in [0.1, 0.15) is 28.5 Å². The fraction of sp³-hybridized carbons (Fsp3) is 0.357. The number of ether oxygens (including phenoxy) is 1. The van der Waals surface area contributed by atoms with Crippen LogP contribution in [0.15, 0.2) is 18.2 Å². The highest BCUT2D eigenvalue weighted by atomic mass is 19.4. The van der Waals surface area contributed by atoms with E-state index in [4.69, 9.17) is 0 Å². The largest absolute Gasteiger partial charge is 0.461 e. The van der Waals surface area contributed by atoms with Gasteiger partial charge >= 0.3 is 24.2 Å². The lowest BCUT2D eigenvalue weighted by atomic mass is 9.96. The van der Waals surface area contributed by atoms with Crippen LogP contribution >= 0.6 is 0 Å². The first kappa shape index (κ1) is 20.6. The first-order chi connectivity index (χ1) is 12.3. The number of nitrogens with one attached hydrogen (secondary N) is 1. The Balaban J connectivity index is 2.69. The van der Waals surface area contributed by atoms with Crippen molar-refractivity contribution in [3.63, 3.8) is 0 Å². The van der Waals surface area contributed by atoms with Gasteiger partial charge in [-0.3, -0.25) is 0 Å². The molecule has 0 saturated heterocycles. The molecule has 0 atom stereocenters. The van der Waals surface area contributed by atoms with Gasteiger partial charge in [0.1, 0.15) is 5.69 Å². The highest BCUT2D eigenvalue weighted by molar-refractivity contribution is 5.94. The average Bonchev–Trinajstić information content (AvgIpc) is 3.02. The maximum atomic E-state index is 13.7. The van der Waals surface area contributed by atoms with Gasteiger partial charge in [-0.15, -0.1) is 5.10 Å². The number of rotatable bonds is 4. The van der Waals surface area contributed by atoms with E-state index >= 15 is 0 Å².